The predicted molar refractivity (Wildman–Crippen MR) is 76.2 cm³/mol. The summed E-state index contributed by atoms with van der Waals surface area (Å²) in [5.41, 5.74) is 1.42. The van der Waals surface area contributed by atoms with Crippen molar-refractivity contribution in [2.75, 3.05) is 26.2 Å². The van der Waals surface area contributed by atoms with Crippen LogP contribution >= 0.6 is 0 Å². The fourth-order valence-corrected chi connectivity index (χ4v) is 2.43. The average molecular weight is 247 g/mol. The second kappa shape index (κ2) is 7.42. The lowest BCUT2D eigenvalue weighted by atomic mass is 10.1. The molecule has 0 aliphatic carbocycles. The minimum Gasteiger partial charge on any atom is -0.492 e. The van der Waals surface area contributed by atoms with E-state index in [1.807, 2.05) is 0 Å². The van der Waals surface area contributed by atoms with Gasteiger partial charge in [0.15, 0.2) is 0 Å². The Kier molecular flexibility index (Phi) is 5.53. The molecule has 100 valence electrons. The first-order valence-corrected chi connectivity index (χ1v) is 7.32. The van der Waals surface area contributed by atoms with Crippen LogP contribution in [0.1, 0.15) is 38.2 Å². The highest BCUT2D eigenvalue weighted by Gasteiger charge is 2.10. The maximum absolute atomic E-state index is 5.79. The van der Waals surface area contributed by atoms with Gasteiger partial charge in [-0.15, -0.1) is 0 Å². The maximum Gasteiger partial charge on any atom is 0.119 e. The molecule has 1 aromatic rings. The monoisotopic (exact) mass is 247 g/mol. The molecular weight excluding hydrogens is 222 g/mol. The molecule has 2 heteroatoms. The molecule has 0 spiro atoms. The van der Waals surface area contributed by atoms with E-state index < -0.39 is 0 Å². The number of hydrogen-bond acceptors (Lipinski definition) is 2. The van der Waals surface area contributed by atoms with Crippen LogP contribution in [-0.4, -0.2) is 31.1 Å². The van der Waals surface area contributed by atoms with Crippen LogP contribution in [0.25, 0.3) is 0 Å². The molecule has 1 saturated heterocycles. The smallest absolute Gasteiger partial charge is 0.119 e. The van der Waals surface area contributed by atoms with Gasteiger partial charge in [-0.1, -0.05) is 25.5 Å². The van der Waals surface area contributed by atoms with Crippen LogP contribution in [0.4, 0.5) is 0 Å². The highest BCUT2D eigenvalue weighted by Crippen LogP contribution is 2.14. The lowest BCUT2D eigenvalue weighted by Crippen LogP contribution is -2.25. The minimum atomic E-state index is 0.814. The second-order valence-electron chi connectivity index (χ2n) is 5.14. The van der Waals surface area contributed by atoms with Crippen molar-refractivity contribution in [1.82, 2.24) is 4.90 Å². The topological polar surface area (TPSA) is 12.5 Å². The van der Waals surface area contributed by atoms with E-state index in [0.717, 1.165) is 18.9 Å². The molecule has 18 heavy (non-hydrogen) atoms. The number of rotatable bonds is 7. The van der Waals surface area contributed by atoms with Crippen molar-refractivity contribution in [3.05, 3.63) is 29.8 Å². The van der Waals surface area contributed by atoms with Crippen LogP contribution in [0.3, 0.4) is 0 Å². The van der Waals surface area contributed by atoms with Gasteiger partial charge in [-0.25, -0.2) is 0 Å². The zero-order valence-electron chi connectivity index (χ0n) is 11.5. The van der Waals surface area contributed by atoms with Gasteiger partial charge in [0.05, 0.1) is 0 Å². The normalized spacial score (nSPS) is 16.1. The largest absolute Gasteiger partial charge is 0.492 e. The molecule has 0 radical (unpaired) electrons. The first-order valence-electron chi connectivity index (χ1n) is 7.32. The van der Waals surface area contributed by atoms with Crippen molar-refractivity contribution < 1.29 is 4.74 Å². The van der Waals surface area contributed by atoms with Crippen LogP contribution in [-0.2, 0) is 6.42 Å². The van der Waals surface area contributed by atoms with E-state index in [0.29, 0.717) is 0 Å². The Hall–Kier alpha value is -1.02. The Balaban J connectivity index is 1.68. The molecule has 2 rings (SSSR count). The van der Waals surface area contributed by atoms with Gasteiger partial charge in [0, 0.05) is 6.54 Å². The van der Waals surface area contributed by atoms with Gasteiger partial charge in [-0.2, -0.15) is 0 Å². The summed E-state index contributed by atoms with van der Waals surface area (Å²) in [6, 6.07) is 8.60. The summed E-state index contributed by atoms with van der Waals surface area (Å²) in [6.45, 7) is 6.61. The SMILES string of the molecule is CCCCc1ccc(OCCN2CCCC2)cc1. The highest BCUT2D eigenvalue weighted by molar-refractivity contribution is 5.27. The zero-order chi connectivity index (χ0) is 12.6. The first-order chi connectivity index (χ1) is 8.88. The lowest BCUT2D eigenvalue weighted by Gasteiger charge is -2.15. The summed E-state index contributed by atoms with van der Waals surface area (Å²) < 4.78 is 5.79. The Bertz CT molecular complexity index is 327. The molecule has 2 nitrogen and oxygen atoms in total. The van der Waals surface area contributed by atoms with E-state index in [2.05, 4.69) is 36.1 Å². The zero-order valence-corrected chi connectivity index (χ0v) is 11.5. The molecule has 1 aliphatic heterocycles. The van der Waals surface area contributed by atoms with E-state index in [1.165, 1.54) is 50.8 Å². The molecule has 0 atom stereocenters. The van der Waals surface area contributed by atoms with Crippen LogP contribution in [0.2, 0.25) is 0 Å². The molecule has 0 unspecified atom stereocenters. The van der Waals surface area contributed by atoms with Crippen molar-refractivity contribution in [3.63, 3.8) is 0 Å². The number of ether oxygens (including phenoxy) is 1. The molecule has 0 N–H and O–H groups in total. The molecule has 0 bridgehead atoms. The Morgan fingerprint density at radius 3 is 2.50 bits per heavy atom. The van der Waals surface area contributed by atoms with Crippen molar-refractivity contribution >= 4 is 0 Å². The van der Waals surface area contributed by atoms with Crippen molar-refractivity contribution in [2.45, 2.75) is 39.0 Å². The number of hydrogen-bond donors (Lipinski definition) is 0. The van der Waals surface area contributed by atoms with Gasteiger partial charge in [-0.05, 0) is 56.5 Å². The second-order valence-corrected chi connectivity index (χ2v) is 5.14. The molecule has 0 saturated carbocycles. The van der Waals surface area contributed by atoms with E-state index >= 15 is 0 Å². The van der Waals surface area contributed by atoms with E-state index in [4.69, 9.17) is 4.74 Å². The summed E-state index contributed by atoms with van der Waals surface area (Å²) in [5, 5.41) is 0. The number of aryl methyl sites for hydroxylation is 1. The Morgan fingerprint density at radius 1 is 1.11 bits per heavy atom. The predicted octanol–water partition coefficient (Wildman–Crippen LogP) is 3.50. The lowest BCUT2D eigenvalue weighted by molar-refractivity contribution is 0.238. The Labute approximate surface area is 111 Å². The third kappa shape index (κ3) is 4.34. The number of nitrogens with zero attached hydrogens (tertiary/aromatic N) is 1. The van der Waals surface area contributed by atoms with Crippen LogP contribution in [0.15, 0.2) is 24.3 Å². The average Bonchev–Trinajstić information content (AvgIpc) is 2.91. The molecule has 1 aliphatic rings. The molecule has 1 fully saturated rings. The van der Waals surface area contributed by atoms with Gasteiger partial charge in [0.2, 0.25) is 0 Å². The van der Waals surface area contributed by atoms with E-state index in [1.54, 1.807) is 0 Å². The number of likely N-dealkylation sites (tertiary alicyclic amines) is 1. The van der Waals surface area contributed by atoms with Crippen LogP contribution in [0.5, 0.6) is 5.75 Å². The van der Waals surface area contributed by atoms with Crippen molar-refractivity contribution in [3.8, 4) is 5.75 Å². The standard InChI is InChI=1S/C16H25NO/c1-2-3-6-15-7-9-16(10-8-15)18-14-13-17-11-4-5-12-17/h7-10H,2-6,11-14H2,1H3. The fraction of sp³-hybridized carbons (Fsp3) is 0.625. The third-order valence-electron chi connectivity index (χ3n) is 3.62. The molecule has 0 aromatic heterocycles. The summed E-state index contributed by atoms with van der Waals surface area (Å²) >= 11 is 0. The summed E-state index contributed by atoms with van der Waals surface area (Å²) in [4.78, 5) is 2.48. The minimum absolute atomic E-state index is 0.814. The summed E-state index contributed by atoms with van der Waals surface area (Å²) in [5.74, 6) is 1.01. The van der Waals surface area contributed by atoms with Gasteiger partial charge < -0.3 is 4.74 Å². The van der Waals surface area contributed by atoms with Crippen LogP contribution < -0.4 is 4.74 Å². The first kappa shape index (κ1) is 13.4. The molecule has 1 heterocycles. The van der Waals surface area contributed by atoms with Gasteiger partial charge >= 0.3 is 0 Å². The number of benzene rings is 1. The third-order valence-corrected chi connectivity index (χ3v) is 3.62. The van der Waals surface area contributed by atoms with Crippen molar-refractivity contribution in [1.29, 1.82) is 0 Å². The van der Waals surface area contributed by atoms with Gasteiger partial charge in [0.25, 0.3) is 0 Å². The quantitative estimate of drug-likeness (QED) is 0.731. The summed E-state index contributed by atoms with van der Waals surface area (Å²) in [6.07, 6.45) is 6.42. The van der Waals surface area contributed by atoms with Crippen molar-refractivity contribution in [2.24, 2.45) is 0 Å². The van der Waals surface area contributed by atoms with Gasteiger partial charge in [0.1, 0.15) is 12.4 Å². The molecular formula is C16H25NO. The maximum atomic E-state index is 5.79. The van der Waals surface area contributed by atoms with E-state index in [9.17, 15) is 0 Å². The summed E-state index contributed by atoms with van der Waals surface area (Å²) in [7, 11) is 0. The van der Waals surface area contributed by atoms with E-state index in [-0.39, 0.29) is 0 Å². The molecule has 1 aromatic carbocycles. The highest BCUT2D eigenvalue weighted by atomic mass is 16.5. The molecule has 0 amide bonds. The number of unbranched alkanes of at least 4 members (excludes halogenated alkanes) is 1. The fourth-order valence-electron chi connectivity index (χ4n) is 2.43. The Morgan fingerprint density at radius 2 is 1.83 bits per heavy atom. The van der Waals surface area contributed by atoms with Crippen LogP contribution in [0, 0.1) is 0 Å². The van der Waals surface area contributed by atoms with Gasteiger partial charge in [-0.3, -0.25) is 4.90 Å².